The third-order valence-corrected chi connectivity index (χ3v) is 3.21. The minimum absolute atomic E-state index is 0.151. The Morgan fingerprint density at radius 3 is 2.59 bits per heavy atom. The number of hydrogen-bond acceptors (Lipinski definition) is 5. The van der Waals surface area contributed by atoms with E-state index in [-0.39, 0.29) is 23.0 Å². The van der Waals surface area contributed by atoms with Crippen molar-refractivity contribution in [3.05, 3.63) is 30.2 Å². The summed E-state index contributed by atoms with van der Waals surface area (Å²) >= 11 is 0. The van der Waals surface area contributed by atoms with Gasteiger partial charge in [0.2, 0.25) is 0 Å². The first-order valence-corrected chi connectivity index (χ1v) is 7.14. The lowest BCUT2D eigenvalue weighted by molar-refractivity contribution is -0.116. The molecule has 8 heteroatoms. The van der Waals surface area contributed by atoms with Gasteiger partial charge >= 0.3 is 0 Å². The van der Waals surface area contributed by atoms with Gasteiger partial charge in [-0.05, 0) is 12.1 Å². The number of carbonyl (C=O) groups is 1. The molecular formula is C14H19F2N2O3P. The molecule has 0 saturated carbocycles. The van der Waals surface area contributed by atoms with E-state index in [1.165, 1.54) is 33.8 Å². The molecule has 1 aromatic rings. The number of aliphatic hydroxyl groups excluding tert-OH is 1. The van der Waals surface area contributed by atoms with Crippen molar-refractivity contribution >= 4 is 20.6 Å². The summed E-state index contributed by atoms with van der Waals surface area (Å²) in [6, 6.07) is 2.96. The molecule has 1 rings (SSSR count). The second-order valence-electron chi connectivity index (χ2n) is 4.98. The van der Waals surface area contributed by atoms with Crippen LogP contribution in [0.2, 0.25) is 0 Å². The summed E-state index contributed by atoms with van der Waals surface area (Å²) in [4.78, 5) is 16.0. The second-order valence-corrected chi connectivity index (χ2v) is 5.75. The predicted molar refractivity (Wildman–Crippen MR) is 82.4 cm³/mol. The Kier molecular flexibility index (Phi) is 6.38. The number of allylic oxidation sites excluding steroid dienone is 1. The maximum absolute atomic E-state index is 12.8. The number of ketones is 1. The number of nitrogens with two attached hydrogens (primary N) is 1. The van der Waals surface area contributed by atoms with Crippen molar-refractivity contribution in [3.8, 4) is 5.75 Å². The van der Waals surface area contributed by atoms with E-state index in [2.05, 4.69) is 4.98 Å². The molecule has 122 valence electrons. The Morgan fingerprint density at radius 2 is 2.18 bits per heavy atom. The standard InChI is InChI=1S/C14H19F2N2O3P/c1-8(2)13(20)10(5-17)11-4-3-9(6-18-11)21-7-12(19)14(15,16)22/h3-6,8,12,19H,7,17,22H2,1-2H3. The largest absolute Gasteiger partial charge is 0.489 e. The van der Waals surface area contributed by atoms with Crippen LogP contribution in [0.5, 0.6) is 5.75 Å². The van der Waals surface area contributed by atoms with Crippen molar-refractivity contribution < 1.29 is 23.4 Å². The molecule has 0 fully saturated rings. The van der Waals surface area contributed by atoms with Crippen molar-refractivity contribution in [2.45, 2.75) is 25.6 Å². The summed E-state index contributed by atoms with van der Waals surface area (Å²) in [5.41, 5.74) is 2.77. The number of alkyl halides is 2. The summed E-state index contributed by atoms with van der Waals surface area (Å²) in [7, 11) is 1.25. The molecule has 0 aromatic carbocycles. The van der Waals surface area contributed by atoms with E-state index >= 15 is 0 Å². The SMILES string of the molecule is CC(C)C(=O)C(=CN)c1ccc(OCC(O)C(F)(F)P)cn1. The molecule has 2 unspecified atom stereocenters. The normalized spacial score (nSPS) is 14.0. The number of carbonyl (C=O) groups excluding carboxylic acids is 1. The zero-order chi connectivity index (χ0) is 16.9. The van der Waals surface area contributed by atoms with Gasteiger partial charge in [0.05, 0.1) is 17.5 Å². The maximum Gasteiger partial charge on any atom is 0.287 e. The molecule has 3 N–H and O–H groups in total. The highest BCUT2D eigenvalue weighted by molar-refractivity contribution is 7.18. The highest BCUT2D eigenvalue weighted by Crippen LogP contribution is 2.27. The molecule has 1 aromatic heterocycles. The number of pyridine rings is 1. The number of aliphatic hydroxyl groups is 1. The van der Waals surface area contributed by atoms with E-state index in [0.717, 1.165) is 0 Å². The molecule has 1 heterocycles. The van der Waals surface area contributed by atoms with Gasteiger partial charge in [-0.25, -0.2) is 0 Å². The van der Waals surface area contributed by atoms with Gasteiger partial charge in [-0.15, -0.1) is 0 Å². The number of rotatable bonds is 7. The van der Waals surface area contributed by atoms with Gasteiger partial charge in [0, 0.05) is 12.1 Å². The molecule has 0 bridgehead atoms. The Bertz CT molecular complexity index is 542. The van der Waals surface area contributed by atoms with Gasteiger partial charge in [-0.2, -0.15) is 8.78 Å². The number of aromatic nitrogens is 1. The molecule has 2 atom stereocenters. The van der Waals surface area contributed by atoms with Gasteiger partial charge in [0.1, 0.15) is 12.4 Å². The van der Waals surface area contributed by atoms with E-state index in [1.54, 1.807) is 13.8 Å². The van der Waals surface area contributed by atoms with Gasteiger partial charge in [0.25, 0.3) is 5.66 Å². The first kappa shape index (κ1) is 18.5. The second kappa shape index (κ2) is 7.61. The first-order chi connectivity index (χ1) is 10.2. The molecule has 0 saturated heterocycles. The van der Waals surface area contributed by atoms with E-state index in [9.17, 15) is 18.7 Å². The summed E-state index contributed by atoms with van der Waals surface area (Å²) in [6.07, 6.45) is 0.517. The Balaban J connectivity index is 2.77. The van der Waals surface area contributed by atoms with Gasteiger partial charge in [0.15, 0.2) is 11.9 Å². The van der Waals surface area contributed by atoms with Crippen LogP contribution in [0, 0.1) is 5.92 Å². The summed E-state index contributed by atoms with van der Waals surface area (Å²) in [5.74, 6) is -0.181. The third kappa shape index (κ3) is 5.00. The van der Waals surface area contributed by atoms with Crippen molar-refractivity contribution in [2.24, 2.45) is 11.7 Å². The number of nitrogens with zero attached hydrogens (tertiary/aromatic N) is 1. The molecule has 0 spiro atoms. The molecule has 0 aliphatic carbocycles. The minimum Gasteiger partial charge on any atom is -0.489 e. The predicted octanol–water partition coefficient (Wildman–Crippen LogP) is 1.81. The van der Waals surface area contributed by atoms with Crippen LogP contribution < -0.4 is 10.5 Å². The molecule has 0 radical (unpaired) electrons. The topological polar surface area (TPSA) is 85.4 Å². The van der Waals surface area contributed by atoms with Crippen molar-refractivity contribution in [3.63, 3.8) is 0 Å². The quantitative estimate of drug-likeness (QED) is 0.588. The van der Waals surface area contributed by atoms with Crippen LogP contribution in [0.3, 0.4) is 0 Å². The van der Waals surface area contributed by atoms with Crippen molar-refractivity contribution in [1.82, 2.24) is 4.98 Å². The molecular weight excluding hydrogens is 313 g/mol. The lowest BCUT2D eigenvalue weighted by Gasteiger charge is -2.18. The monoisotopic (exact) mass is 332 g/mol. The molecule has 0 aliphatic rings. The Hall–Kier alpha value is -1.59. The first-order valence-electron chi connectivity index (χ1n) is 6.57. The molecule has 22 heavy (non-hydrogen) atoms. The highest BCUT2D eigenvalue weighted by Gasteiger charge is 2.33. The zero-order valence-electron chi connectivity index (χ0n) is 12.3. The average Bonchev–Trinajstić information content (AvgIpc) is 2.45. The van der Waals surface area contributed by atoms with Crippen molar-refractivity contribution in [1.29, 1.82) is 0 Å². The number of hydrogen-bond donors (Lipinski definition) is 2. The van der Waals surface area contributed by atoms with Crippen LogP contribution in [0.1, 0.15) is 19.5 Å². The number of halogens is 2. The van der Waals surface area contributed by atoms with Crippen LogP contribution >= 0.6 is 9.24 Å². The number of ether oxygens (including phenoxy) is 1. The van der Waals surface area contributed by atoms with Crippen molar-refractivity contribution in [2.75, 3.05) is 6.61 Å². The fraction of sp³-hybridized carbons (Fsp3) is 0.429. The van der Waals surface area contributed by atoms with E-state index in [0.29, 0.717) is 5.69 Å². The number of Topliss-reactive ketones (excluding diaryl/α,β-unsaturated/α-hetero) is 1. The summed E-state index contributed by atoms with van der Waals surface area (Å²) in [5, 5.41) is 9.18. The Morgan fingerprint density at radius 1 is 1.55 bits per heavy atom. The minimum atomic E-state index is -3.33. The maximum atomic E-state index is 12.8. The Labute approximate surface area is 129 Å². The lowest BCUT2D eigenvalue weighted by Crippen LogP contribution is -2.32. The highest BCUT2D eigenvalue weighted by atomic mass is 31.0. The van der Waals surface area contributed by atoms with Gasteiger partial charge < -0.3 is 15.6 Å². The van der Waals surface area contributed by atoms with Crippen LogP contribution in [0.15, 0.2) is 24.5 Å². The zero-order valence-corrected chi connectivity index (χ0v) is 13.4. The van der Waals surface area contributed by atoms with Gasteiger partial charge in [-0.1, -0.05) is 23.1 Å². The van der Waals surface area contributed by atoms with E-state index < -0.39 is 18.4 Å². The van der Waals surface area contributed by atoms with Crippen LogP contribution in [0.25, 0.3) is 5.57 Å². The van der Waals surface area contributed by atoms with Crippen LogP contribution in [-0.4, -0.2) is 34.2 Å². The van der Waals surface area contributed by atoms with E-state index in [1.807, 2.05) is 0 Å². The molecule has 5 nitrogen and oxygen atoms in total. The fourth-order valence-electron chi connectivity index (χ4n) is 1.52. The summed E-state index contributed by atoms with van der Waals surface area (Å²) in [6.45, 7) is 2.91. The molecule has 0 aliphatic heterocycles. The van der Waals surface area contributed by atoms with Crippen LogP contribution in [0.4, 0.5) is 8.78 Å². The van der Waals surface area contributed by atoms with E-state index in [4.69, 9.17) is 10.5 Å². The lowest BCUT2D eigenvalue weighted by atomic mass is 9.99. The average molecular weight is 332 g/mol. The fourth-order valence-corrected chi connectivity index (χ4v) is 1.61. The summed E-state index contributed by atoms with van der Waals surface area (Å²) < 4.78 is 30.5. The third-order valence-electron chi connectivity index (χ3n) is 2.82. The molecule has 0 amide bonds. The smallest absolute Gasteiger partial charge is 0.287 e. The van der Waals surface area contributed by atoms with Crippen LogP contribution in [-0.2, 0) is 4.79 Å². The van der Waals surface area contributed by atoms with Gasteiger partial charge in [-0.3, -0.25) is 9.78 Å².